The number of carbonyl (C=O) groups excluding carboxylic acids is 1. The fourth-order valence-corrected chi connectivity index (χ4v) is 3.31. The summed E-state index contributed by atoms with van der Waals surface area (Å²) >= 11 is 0. The number of hydrogen-bond donors (Lipinski definition) is 1. The van der Waals surface area contributed by atoms with Crippen LogP contribution in [0.15, 0.2) is 72.9 Å². The summed E-state index contributed by atoms with van der Waals surface area (Å²) < 4.78 is 7.82. The molecule has 0 saturated heterocycles. The van der Waals surface area contributed by atoms with Crippen LogP contribution >= 0.6 is 0 Å². The van der Waals surface area contributed by atoms with Gasteiger partial charge in [-0.05, 0) is 55.7 Å². The third kappa shape index (κ3) is 6.17. The SMILES string of the molecule is CCc1ccc(C(=O)c2cccn2C/C=C/c2cccc(OC(C)(C)COO)c2)cc1. The van der Waals surface area contributed by atoms with E-state index in [4.69, 9.17) is 9.99 Å². The highest BCUT2D eigenvalue weighted by molar-refractivity contribution is 6.08. The molecule has 0 amide bonds. The van der Waals surface area contributed by atoms with E-state index in [0.29, 0.717) is 23.6 Å². The van der Waals surface area contributed by atoms with Crippen LogP contribution in [0.1, 0.15) is 48.0 Å². The highest BCUT2D eigenvalue weighted by Crippen LogP contribution is 2.21. The molecule has 5 heteroatoms. The Bertz CT molecular complexity index is 1030. The number of aromatic nitrogens is 1. The van der Waals surface area contributed by atoms with Crippen molar-refractivity contribution in [2.45, 2.75) is 39.3 Å². The minimum atomic E-state index is -0.646. The van der Waals surface area contributed by atoms with Crippen molar-refractivity contribution in [3.63, 3.8) is 0 Å². The van der Waals surface area contributed by atoms with Gasteiger partial charge in [0.1, 0.15) is 18.0 Å². The van der Waals surface area contributed by atoms with Gasteiger partial charge in [0, 0.05) is 18.3 Å². The molecule has 1 heterocycles. The number of allylic oxidation sites excluding steroid dienone is 1. The average Bonchev–Trinajstić information content (AvgIpc) is 3.21. The Morgan fingerprint density at radius 2 is 1.87 bits per heavy atom. The first-order valence-electron chi connectivity index (χ1n) is 10.4. The summed E-state index contributed by atoms with van der Waals surface area (Å²) in [5.74, 6) is 0.710. The topological polar surface area (TPSA) is 60.7 Å². The molecule has 0 spiro atoms. The lowest BCUT2D eigenvalue weighted by Gasteiger charge is -2.24. The van der Waals surface area contributed by atoms with Gasteiger partial charge >= 0.3 is 0 Å². The highest BCUT2D eigenvalue weighted by atomic mass is 17.1. The van der Waals surface area contributed by atoms with Crippen LogP contribution in [0.25, 0.3) is 6.08 Å². The molecule has 0 aliphatic carbocycles. The molecule has 0 aliphatic rings. The molecule has 3 rings (SSSR count). The van der Waals surface area contributed by atoms with Crippen LogP contribution in [0.3, 0.4) is 0 Å². The molecule has 0 bridgehead atoms. The second-order valence-electron chi connectivity index (χ2n) is 8.04. The average molecular weight is 420 g/mol. The second kappa shape index (κ2) is 10.2. The Morgan fingerprint density at radius 1 is 1.10 bits per heavy atom. The van der Waals surface area contributed by atoms with Crippen molar-refractivity contribution < 1.29 is 19.7 Å². The molecular formula is C26H29NO4. The van der Waals surface area contributed by atoms with Crippen LogP contribution in [0.4, 0.5) is 0 Å². The maximum absolute atomic E-state index is 12.9. The number of carbonyl (C=O) groups is 1. The molecule has 0 unspecified atom stereocenters. The lowest BCUT2D eigenvalue weighted by atomic mass is 10.0. The first-order valence-corrected chi connectivity index (χ1v) is 10.4. The van der Waals surface area contributed by atoms with Crippen LogP contribution in [0.5, 0.6) is 5.75 Å². The molecule has 0 aliphatic heterocycles. The fraction of sp³-hybridized carbons (Fsp3) is 0.269. The molecule has 0 fully saturated rings. The first-order chi connectivity index (χ1) is 14.9. The van der Waals surface area contributed by atoms with Gasteiger partial charge in [-0.1, -0.05) is 55.5 Å². The summed E-state index contributed by atoms with van der Waals surface area (Å²) in [5.41, 5.74) is 2.91. The molecule has 0 atom stereocenters. The monoisotopic (exact) mass is 419 g/mol. The van der Waals surface area contributed by atoms with Crippen LogP contribution < -0.4 is 4.74 Å². The van der Waals surface area contributed by atoms with Gasteiger partial charge in [-0.3, -0.25) is 10.1 Å². The third-order valence-electron chi connectivity index (χ3n) is 4.96. The highest BCUT2D eigenvalue weighted by Gasteiger charge is 2.20. The third-order valence-corrected chi connectivity index (χ3v) is 4.96. The Kier molecular flexibility index (Phi) is 7.45. The van der Waals surface area contributed by atoms with E-state index in [2.05, 4.69) is 11.8 Å². The minimum absolute atomic E-state index is 0.0183. The second-order valence-corrected chi connectivity index (χ2v) is 8.04. The standard InChI is InChI=1S/C26H29NO4/c1-4-20-12-14-22(15-13-20)25(28)24-11-7-17-27(24)16-6-9-21-8-5-10-23(18-21)31-26(2,3)19-30-29/h5-15,17-18,29H,4,16,19H2,1-3H3/b9-6+. The Balaban J connectivity index is 1.68. The van der Waals surface area contributed by atoms with Gasteiger partial charge in [-0.15, -0.1) is 0 Å². The Morgan fingerprint density at radius 3 is 2.58 bits per heavy atom. The Hall–Kier alpha value is -3.15. The number of aryl methyl sites for hydroxylation is 1. The lowest BCUT2D eigenvalue weighted by molar-refractivity contribution is -0.264. The maximum Gasteiger partial charge on any atom is 0.209 e. The first kappa shape index (κ1) is 22.5. The van der Waals surface area contributed by atoms with Crippen molar-refractivity contribution in [2.75, 3.05) is 6.61 Å². The number of hydrogen-bond acceptors (Lipinski definition) is 4. The molecule has 5 nitrogen and oxygen atoms in total. The number of benzene rings is 2. The van der Waals surface area contributed by atoms with Crippen molar-refractivity contribution in [3.05, 3.63) is 95.3 Å². The molecular weight excluding hydrogens is 390 g/mol. The van der Waals surface area contributed by atoms with E-state index in [1.165, 1.54) is 5.56 Å². The minimum Gasteiger partial charge on any atom is -0.485 e. The van der Waals surface area contributed by atoms with Crippen LogP contribution in [-0.4, -0.2) is 27.8 Å². The maximum atomic E-state index is 12.9. The molecule has 31 heavy (non-hydrogen) atoms. The van der Waals surface area contributed by atoms with Crippen molar-refractivity contribution in [1.29, 1.82) is 0 Å². The molecule has 162 valence electrons. The van der Waals surface area contributed by atoms with E-state index in [0.717, 1.165) is 12.0 Å². The van der Waals surface area contributed by atoms with E-state index in [-0.39, 0.29) is 12.4 Å². The van der Waals surface area contributed by atoms with Crippen molar-refractivity contribution in [3.8, 4) is 5.75 Å². The van der Waals surface area contributed by atoms with Gasteiger partial charge < -0.3 is 9.30 Å². The predicted octanol–water partition coefficient (Wildman–Crippen LogP) is 5.64. The van der Waals surface area contributed by atoms with E-state index < -0.39 is 5.60 Å². The zero-order valence-electron chi connectivity index (χ0n) is 18.2. The van der Waals surface area contributed by atoms with E-state index in [1.807, 2.05) is 97.4 Å². The summed E-state index contributed by atoms with van der Waals surface area (Å²) in [6.45, 7) is 6.42. The number of ketones is 1. The van der Waals surface area contributed by atoms with Gasteiger partial charge in [-0.25, -0.2) is 4.89 Å². The summed E-state index contributed by atoms with van der Waals surface area (Å²) in [6.07, 6.45) is 6.87. The van der Waals surface area contributed by atoms with Crippen LogP contribution in [0.2, 0.25) is 0 Å². The summed E-state index contributed by atoms with van der Waals surface area (Å²) in [7, 11) is 0. The molecule has 2 aromatic carbocycles. The summed E-state index contributed by atoms with van der Waals surface area (Å²) in [5, 5.41) is 8.68. The smallest absolute Gasteiger partial charge is 0.209 e. The van der Waals surface area contributed by atoms with Crippen molar-refractivity contribution in [2.24, 2.45) is 0 Å². The lowest BCUT2D eigenvalue weighted by Crippen LogP contribution is -2.33. The largest absolute Gasteiger partial charge is 0.485 e. The normalized spacial score (nSPS) is 11.7. The molecule has 1 aromatic heterocycles. The van der Waals surface area contributed by atoms with Gasteiger partial charge in [-0.2, -0.15) is 0 Å². The van der Waals surface area contributed by atoms with E-state index in [1.54, 1.807) is 0 Å². The zero-order valence-corrected chi connectivity index (χ0v) is 18.2. The van der Waals surface area contributed by atoms with Crippen molar-refractivity contribution >= 4 is 11.9 Å². The molecule has 3 aromatic rings. The van der Waals surface area contributed by atoms with Gasteiger partial charge in [0.15, 0.2) is 0 Å². The Labute approximate surface area is 183 Å². The molecule has 0 saturated carbocycles. The van der Waals surface area contributed by atoms with Crippen LogP contribution in [0, 0.1) is 0 Å². The zero-order chi connectivity index (χ0) is 22.3. The predicted molar refractivity (Wildman–Crippen MR) is 122 cm³/mol. The number of rotatable bonds is 10. The fourth-order valence-electron chi connectivity index (χ4n) is 3.31. The van der Waals surface area contributed by atoms with E-state index in [9.17, 15) is 4.79 Å². The van der Waals surface area contributed by atoms with Crippen LogP contribution in [-0.2, 0) is 17.9 Å². The summed E-state index contributed by atoms with van der Waals surface area (Å²) in [4.78, 5) is 17.1. The quantitative estimate of drug-likeness (QED) is 0.262. The molecule has 1 N–H and O–H groups in total. The summed E-state index contributed by atoms with van der Waals surface area (Å²) in [6, 6.07) is 19.2. The van der Waals surface area contributed by atoms with Gasteiger partial charge in [0.25, 0.3) is 0 Å². The van der Waals surface area contributed by atoms with Gasteiger partial charge in [0.2, 0.25) is 5.78 Å². The number of ether oxygens (including phenoxy) is 1. The van der Waals surface area contributed by atoms with Crippen molar-refractivity contribution in [1.82, 2.24) is 4.57 Å². The molecule has 0 radical (unpaired) electrons. The van der Waals surface area contributed by atoms with E-state index >= 15 is 0 Å². The number of nitrogens with zero attached hydrogens (tertiary/aromatic N) is 1. The van der Waals surface area contributed by atoms with Gasteiger partial charge in [0.05, 0.1) is 5.69 Å².